The van der Waals surface area contributed by atoms with Gasteiger partial charge in [-0.25, -0.2) is 4.72 Å². The van der Waals surface area contributed by atoms with Crippen LogP contribution in [-0.4, -0.2) is 33.6 Å². The Hall–Kier alpha value is -0.170. The van der Waals surface area contributed by atoms with Gasteiger partial charge in [-0.15, -0.1) is 0 Å². The van der Waals surface area contributed by atoms with Crippen molar-refractivity contribution in [1.29, 1.82) is 0 Å². The van der Waals surface area contributed by atoms with Gasteiger partial charge in [-0.3, -0.25) is 0 Å². The Morgan fingerprint density at radius 1 is 1.20 bits per heavy atom. The monoisotopic (exact) mass is 233 g/mol. The highest BCUT2D eigenvalue weighted by atomic mass is 32.2. The van der Waals surface area contributed by atoms with Crippen molar-refractivity contribution in [2.45, 2.75) is 44.2 Å². The van der Waals surface area contributed by atoms with E-state index in [1.807, 2.05) is 0 Å². The summed E-state index contributed by atoms with van der Waals surface area (Å²) in [4.78, 5) is 0. The van der Waals surface area contributed by atoms with Crippen molar-refractivity contribution in [3.63, 3.8) is 0 Å². The first-order valence-electron chi connectivity index (χ1n) is 5.66. The fourth-order valence-corrected chi connectivity index (χ4v) is 2.95. The van der Waals surface area contributed by atoms with E-state index in [4.69, 9.17) is 0 Å². The Bertz CT molecular complexity index is 294. The van der Waals surface area contributed by atoms with Crippen molar-refractivity contribution < 1.29 is 8.42 Å². The molecule has 0 spiro atoms. The standard InChI is InChI=1S/C9H19N3O2S/c13-15(14,12-8-4-5-8)11-7-9-3-1-2-6-10-9/h8-12H,1-7H2. The smallest absolute Gasteiger partial charge is 0.277 e. The van der Waals surface area contributed by atoms with Crippen LogP contribution in [0, 0.1) is 0 Å². The molecule has 3 N–H and O–H groups in total. The quantitative estimate of drug-likeness (QED) is 0.611. The van der Waals surface area contributed by atoms with Crippen molar-refractivity contribution in [3.05, 3.63) is 0 Å². The molecule has 15 heavy (non-hydrogen) atoms. The normalized spacial score (nSPS) is 27.9. The highest BCUT2D eigenvalue weighted by Crippen LogP contribution is 2.19. The summed E-state index contributed by atoms with van der Waals surface area (Å²) >= 11 is 0. The molecule has 1 saturated heterocycles. The van der Waals surface area contributed by atoms with Crippen LogP contribution in [0.15, 0.2) is 0 Å². The SMILES string of the molecule is O=S(=O)(NCC1CCCCN1)NC1CC1. The Morgan fingerprint density at radius 3 is 2.60 bits per heavy atom. The second-order valence-electron chi connectivity index (χ2n) is 4.39. The molecular weight excluding hydrogens is 214 g/mol. The molecule has 2 aliphatic rings. The first kappa shape index (κ1) is 11.3. The molecule has 0 radical (unpaired) electrons. The number of hydrogen-bond donors (Lipinski definition) is 3. The average Bonchev–Trinajstić information content (AvgIpc) is 3.00. The largest absolute Gasteiger partial charge is 0.313 e. The van der Waals surface area contributed by atoms with E-state index in [0.29, 0.717) is 12.6 Å². The summed E-state index contributed by atoms with van der Waals surface area (Å²) in [6.45, 7) is 1.50. The summed E-state index contributed by atoms with van der Waals surface area (Å²) < 4.78 is 28.1. The highest BCUT2D eigenvalue weighted by molar-refractivity contribution is 7.87. The van der Waals surface area contributed by atoms with Crippen LogP contribution in [0.2, 0.25) is 0 Å². The van der Waals surface area contributed by atoms with Gasteiger partial charge in [-0.05, 0) is 32.2 Å². The van der Waals surface area contributed by atoms with Gasteiger partial charge < -0.3 is 5.32 Å². The fourth-order valence-electron chi connectivity index (χ4n) is 1.77. The van der Waals surface area contributed by atoms with Crippen LogP contribution in [0.5, 0.6) is 0 Å². The van der Waals surface area contributed by atoms with Crippen LogP contribution in [0.3, 0.4) is 0 Å². The van der Waals surface area contributed by atoms with E-state index >= 15 is 0 Å². The predicted octanol–water partition coefficient (Wildman–Crippen LogP) is -0.285. The summed E-state index contributed by atoms with van der Waals surface area (Å²) in [5.74, 6) is 0. The number of piperidine rings is 1. The Kier molecular flexibility index (Phi) is 3.60. The van der Waals surface area contributed by atoms with Crippen LogP contribution in [0.1, 0.15) is 32.1 Å². The maximum absolute atomic E-state index is 11.5. The fraction of sp³-hybridized carbons (Fsp3) is 1.00. The minimum Gasteiger partial charge on any atom is -0.313 e. The van der Waals surface area contributed by atoms with Gasteiger partial charge in [-0.2, -0.15) is 13.1 Å². The molecule has 1 heterocycles. The molecule has 0 bridgehead atoms. The summed E-state index contributed by atoms with van der Waals surface area (Å²) in [5.41, 5.74) is 0. The Morgan fingerprint density at radius 2 is 2.00 bits per heavy atom. The number of hydrogen-bond acceptors (Lipinski definition) is 3. The number of rotatable bonds is 5. The highest BCUT2D eigenvalue weighted by Gasteiger charge is 2.27. The van der Waals surface area contributed by atoms with Crippen molar-refractivity contribution in [2.24, 2.45) is 0 Å². The second-order valence-corrected chi connectivity index (χ2v) is 5.92. The maximum atomic E-state index is 11.5. The topological polar surface area (TPSA) is 70.2 Å². The molecule has 1 aliphatic carbocycles. The summed E-state index contributed by atoms with van der Waals surface area (Å²) in [7, 11) is -3.26. The lowest BCUT2D eigenvalue weighted by Crippen LogP contribution is -2.47. The van der Waals surface area contributed by atoms with Gasteiger partial charge in [0, 0.05) is 18.6 Å². The summed E-state index contributed by atoms with van der Waals surface area (Å²) in [5, 5.41) is 3.31. The predicted molar refractivity (Wildman–Crippen MR) is 58.7 cm³/mol. The van der Waals surface area contributed by atoms with Crippen LogP contribution < -0.4 is 14.8 Å². The minimum atomic E-state index is -3.26. The van der Waals surface area contributed by atoms with E-state index in [1.165, 1.54) is 12.8 Å². The molecule has 5 nitrogen and oxygen atoms in total. The molecule has 88 valence electrons. The first-order valence-corrected chi connectivity index (χ1v) is 7.14. The summed E-state index contributed by atoms with van der Waals surface area (Å²) in [6, 6.07) is 0.483. The van der Waals surface area contributed by atoms with Crippen molar-refractivity contribution >= 4 is 10.2 Å². The zero-order valence-electron chi connectivity index (χ0n) is 8.83. The van der Waals surface area contributed by atoms with Crippen LogP contribution >= 0.6 is 0 Å². The third-order valence-electron chi connectivity index (χ3n) is 2.83. The number of nitrogens with one attached hydrogen (secondary N) is 3. The van der Waals surface area contributed by atoms with Gasteiger partial charge in [0.1, 0.15) is 0 Å². The molecule has 0 aromatic heterocycles. The summed E-state index contributed by atoms with van der Waals surface area (Å²) in [6.07, 6.45) is 5.40. The van der Waals surface area contributed by atoms with E-state index in [2.05, 4.69) is 14.8 Å². The molecule has 1 aliphatic heterocycles. The zero-order valence-corrected chi connectivity index (χ0v) is 9.65. The van der Waals surface area contributed by atoms with Crippen molar-refractivity contribution in [2.75, 3.05) is 13.1 Å². The van der Waals surface area contributed by atoms with E-state index in [-0.39, 0.29) is 6.04 Å². The molecule has 1 saturated carbocycles. The molecule has 1 atom stereocenters. The third kappa shape index (κ3) is 4.06. The van der Waals surface area contributed by atoms with Gasteiger partial charge in [0.15, 0.2) is 0 Å². The Labute approximate surface area is 91.2 Å². The van der Waals surface area contributed by atoms with Crippen molar-refractivity contribution in [1.82, 2.24) is 14.8 Å². The van der Waals surface area contributed by atoms with E-state index in [9.17, 15) is 8.42 Å². The lowest BCUT2D eigenvalue weighted by atomic mass is 10.1. The molecule has 0 aromatic carbocycles. The third-order valence-corrected chi connectivity index (χ3v) is 4.02. The zero-order chi connectivity index (χ0) is 10.7. The van der Waals surface area contributed by atoms with E-state index in [0.717, 1.165) is 25.8 Å². The van der Waals surface area contributed by atoms with Crippen LogP contribution in [0.4, 0.5) is 0 Å². The van der Waals surface area contributed by atoms with E-state index in [1.54, 1.807) is 0 Å². The van der Waals surface area contributed by atoms with Crippen molar-refractivity contribution in [3.8, 4) is 0 Å². The second kappa shape index (κ2) is 4.78. The van der Waals surface area contributed by atoms with Crippen LogP contribution in [-0.2, 0) is 10.2 Å². The lowest BCUT2D eigenvalue weighted by Gasteiger charge is -2.23. The molecule has 0 aromatic rings. The maximum Gasteiger partial charge on any atom is 0.277 e. The van der Waals surface area contributed by atoms with Gasteiger partial charge in [0.25, 0.3) is 10.2 Å². The lowest BCUT2D eigenvalue weighted by molar-refractivity contribution is 0.397. The Balaban J connectivity index is 1.70. The molecule has 2 rings (SSSR count). The van der Waals surface area contributed by atoms with Gasteiger partial charge in [0.05, 0.1) is 0 Å². The molecule has 6 heteroatoms. The van der Waals surface area contributed by atoms with Gasteiger partial charge >= 0.3 is 0 Å². The molecule has 0 amide bonds. The van der Waals surface area contributed by atoms with Gasteiger partial charge in [-0.1, -0.05) is 6.42 Å². The molecule has 1 unspecified atom stereocenters. The first-order chi connectivity index (χ1) is 7.16. The van der Waals surface area contributed by atoms with E-state index < -0.39 is 10.2 Å². The van der Waals surface area contributed by atoms with Gasteiger partial charge in [0.2, 0.25) is 0 Å². The average molecular weight is 233 g/mol. The molecule has 2 fully saturated rings. The minimum absolute atomic E-state index is 0.182. The van der Waals surface area contributed by atoms with Crippen LogP contribution in [0.25, 0.3) is 0 Å². The molecular formula is C9H19N3O2S.